The summed E-state index contributed by atoms with van der Waals surface area (Å²) in [7, 11) is 0. The molecule has 0 aliphatic heterocycles. The van der Waals surface area contributed by atoms with Crippen LogP contribution in [-0.4, -0.2) is 46.0 Å². The number of nitrogens with one attached hydrogen (secondary N) is 1. The molecular weight excluding hydrogens is 398 g/mol. The van der Waals surface area contributed by atoms with Gasteiger partial charge in [-0.25, -0.2) is 9.48 Å². The number of benzene rings is 2. The third-order valence-electron chi connectivity index (χ3n) is 4.82. The summed E-state index contributed by atoms with van der Waals surface area (Å²) in [5, 5.41) is 16.6. The van der Waals surface area contributed by atoms with Crippen LogP contribution in [0.1, 0.15) is 29.4 Å². The molecule has 3 rings (SSSR count). The lowest BCUT2D eigenvalue weighted by Gasteiger charge is -2.14. The number of aliphatic hydroxyl groups is 1. The Labute approximate surface area is 179 Å². The zero-order chi connectivity index (χ0) is 22.2. The molecule has 1 atom stereocenters. The predicted molar refractivity (Wildman–Crippen MR) is 116 cm³/mol. The Morgan fingerprint density at radius 2 is 1.77 bits per heavy atom. The Kier molecular flexibility index (Phi) is 7.50. The highest BCUT2D eigenvalue weighted by atomic mass is 16.5. The molecule has 1 heterocycles. The van der Waals surface area contributed by atoms with Gasteiger partial charge in [0.25, 0.3) is 11.5 Å². The highest BCUT2D eigenvalue weighted by Gasteiger charge is 2.19. The van der Waals surface area contributed by atoms with Crippen molar-refractivity contribution in [2.24, 2.45) is 0 Å². The number of hydrogen-bond acceptors (Lipinski definition) is 6. The van der Waals surface area contributed by atoms with Crippen LogP contribution >= 0.6 is 0 Å². The van der Waals surface area contributed by atoms with Crippen LogP contribution in [0, 0.1) is 0 Å². The fraction of sp³-hybridized carbons (Fsp3) is 0.304. The SMILES string of the molecule is C[C@@H](CCc1ccccc1)NC(=O)COC(=O)c1nn(CCO)c(=O)c2ccccc12. The van der Waals surface area contributed by atoms with Crippen molar-refractivity contribution < 1.29 is 19.4 Å². The Bertz CT molecular complexity index is 1110. The molecular formula is C23H25N3O5. The first-order valence-corrected chi connectivity index (χ1v) is 10.1. The third-order valence-corrected chi connectivity index (χ3v) is 4.82. The first kappa shape index (κ1) is 22.2. The number of esters is 1. The highest BCUT2D eigenvalue weighted by Crippen LogP contribution is 2.14. The number of aryl methyl sites for hydroxylation is 1. The van der Waals surface area contributed by atoms with Gasteiger partial charge in [-0.3, -0.25) is 9.59 Å². The standard InChI is InChI=1S/C23H25N3O5/c1-16(11-12-17-7-3-2-4-8-17)24-20(28)15-31-23(30)21-18-9-5-6-10-19(18)22(29)26(25-21)13-14-27/h2-10,16,27H,11-15H2,1H3,(H,24,28)/t16-/m0/s1. The minimum atomic E-state index is -0.810. The number of carbonyl (C=O) groups is 2. The third kappa shape index (κ3) is 5.76. The molecule has 0 aliphatic carbocycles. The van der Waals surface area contributed by atoms with Gasteiger partial charge in [-0.2, -0.15) is 5.10 Å². The molecule has 0 saturated heterocycles. The number of carbonyl (C=O) groups excluding carboxylic acids is 2. The zero-order valence-corrected chi connectivity index (χ0v) is 17.3. The fourth-order valence-electron chi connectivity index (χ4n) is 3.25. The summed E-state index contributed by atoms with van der Waals surface area (Å²) < 4.78 is 6.16. The van der Waals surface area contributed by atoms with Crippen LogP contribution in [0.3, 0.4) is 0 Å². The van der Waals surface area contributed by atoms with Gasteiger partial charge in [-0.1, -0.05) is 48.5 Å². The van der Waals surface area contributed by atoms with Gasteiger partial charge in [0.15, 0.2) is 12.3 Å². The molecule has 0 spiro atoms. The van der Waals surface area contributed by atoms with E-state index in [1.807, 2.05) is 37.3 Å². The largest absolute Gasteiger partial charge is 0.451 e. The Balaban J connectivity index is 1.61. The molecule has 0 bridgehead atoms. The number of ether oxygens (including phenoxy) is 1. The van der Waals surface area contributed by atoms with E-state index >= 15 is 0 Å². The molecule has 0 aliphatic rings. The van der Waals surface area contributed by atoms with E-state index in [1.165, 1.54) is 5.56 Å². The monoisotopic (exact) mass is 423 g/mol. The number of rotatable bonds is 9. The van der Waals surface area contributed by atoms with Crippen molar-refractivity contribution in [1.29, 1.82) is 0 Å². The van der Waals surface area contributed by atoms with Crippen molar-refractivity contribution in [2.75, 3.05) is 13.2 Å². The molecule has 0 saturated carbocycles. The van der Waals surface area contributed by atoms with E-state index in [0.717, 1.165) is 17.5 Å². The van der Waals surface area contributed by atoms with Gasteiger partial charge < -0.3 is 15.2 Å². The van der Waals surface area contributed by atoms with E-state index in [2.05, 4.69) is 10.4 Å². The lowest BCUT2D eigenvalue weighted by Crippen LogP contribution is -2.36. The quantitative estimate of drug-likeness (QED) is 0.507. The fourth-order valence-corrected chi connectivity index (χ4v) is 3.25. The summed E-state index contributed by atoms with van der Waals surface area (Å²) in [5.41, 5.74) is 0.700. The second-order valence-corrected chi connectivity index (χ2v) is 7.22. The molecule has 1 aromatic heterocycles. The number of aromatic nitrogens is 2. The Morgan fingerprint density at radius 3 is 2.48 bits per heavy atom. The first-order valence-electron chi connectivity index (χ1n) is 10.1. The van der Waals surface area contributed by atoms with E-state index in [-0.39, 0.29) is 30.3 Å². The smallest absolute Gasteiger partial charge is 0.359 e. The topological polar surface area (TPSA) is 111 Å². The minimum absolute atomic E-state index is 0.0522. The average molecular weight is 423 g/mol. The number of amides is 1. The molecule has 31 heavy (non-hydrogen) atoms. The second-order valence-electron chi connectivity index (χ2n) is 7.22. The normalized spacial score (nSPS) is 11.8. The van der Waals surface area contributed by atoms with Gasteiger partial charge >= 0.3 is 5.97 Å². The van der Waals surface area contributed by atoms with Gasteiger partial charge in [0.05, 0.1) is 18.5 Å². The molecule has 3 aromatic rings. The van der Waals surface area contributed by atoms with Crippen LogP contribution in [0.15, 0.2) is 59.4 Å². The van der Waals surface area contributed by atoms with Gasteiger partial charge in [0.2, 0.25) is 0 Å². The molecule has 0 fully saturated rings. The molecule has 8 heteroatoms. The molecule has 0 unspecified atom stereocenters. The van der Waals surface area contributed by atoms with Crippen LogP contribution in [0.25, 0.3) is 10.8 Å². The molecule has 8 nitrogen and oxygen atoms in total. The second kappa shape index (κ2) is 10.5. The van der Waals surface area contributed by atoms with E-state index in [0.29, 0.717) is 5.39 Å². The van der Waals surface area contributed by atoms with E-state index in [1.54, 1.807) is 24.3 Å². The molecule has 0 radical (unpaired) electrons. The summed E-state index contributed by atoms with van der Waals surface area (Å²) >= 11 is 0. The molecule has 2 aromatic carbocycles. The number of hydrogen-bond donors (Lipinski definition) is 2. The van der Waals surface area contributed by atoms with Crippen LogP contribution in [0.5, 0.6) is 0 Å². The van der Waals surface area contributed by atoms with Crippen molar-refractivity contribution in [3.63, 3.8) is 0 Å². The lowest BCUT2D eigenvalue weighted by atomic mass is 10.1. The summed E-state index contributed by atoms with van der Waals surface area (Å²) in [4.78, 5) is 37.2. The number of aliphatic hydroxyl groups excluding tert-OH is 1. The molecule has 162 valence electrons. The van der Waals surface area contributed by atoms with Crippen LogP contribution in [0.2, 0.25) is 0 Å². The van der Waals surface area contributed by atoms with Crippen molar-refractivity contribution in [1.82, 2.24) is 15.1 Å². The van der Waals surface area contributed by atoms with Crippen LogP contribution in [0.4, 0.5) is 0 Å². The van der Waals surface area contributed by atoms with Crippen molar-refractivity contribution in [2.45, 2.75) is 32.4 Å². The molecule has 2 N–H and O–H groups in total. The summed E-state index contributed by atoms with van der Waals surface area (Å²) in [5.74, 6) is -1.23. The maximum atomic E-state index is 12.6. The van der Waals surface area contributed by atoms with Crippen molar-refractivity contribution in [3.05, 3.63) is 76.2 Å². The minimum Gasteiger partial charge on any atom is -0.451 e. The van der Waals surface area contributed by atoms with E-state index < -0.39 is 24.0 Å². The summed E-state index contributed by atoms with van der Waals surface area (Å²) in [6, 6.07) is 16.4. The maximum absolute atomic E-state index is 12.6. The van der Waals surface area contributed by atoms with Gasteiger partial charge in [-0.15, -0.1) is 0 Å². The van der Waals surface area contributed by atoms with Gasteiger partial charge in [-0.05, 0) is 31.4 Å². The van der Waals surface area contributed by atoms with E-state index in [4.69, 9.17) is 9.84 Å². The highest BCUT2D eigenvalue weighted by molar-refractivity contribution is 6.02. The zero-order valence-electron chi connectivity index (χ0n) is 17.3. The average Bonchev–Trinajstić information content (AvgIpc) is 2.79. The summed E-state index contributed by atoms with van der Waals surface area (Å²) in [6.45, 7) is 1.08. The maximum Gasteiger partial charge on any atom is 0.359 e. The van der Waals surface area contributed by atoms with Gasteiger partial charge in [0, 0.05) is 11.4 Å². The number of nitrogens with zero attached hydrogens (tertiary/aromatic N) is 2. The van der Waals surface area contributed by atoms with Crippen LogP contribution < -0.4 is 10.9 Å². The first-order chi connectivity index (χ1) is 15.0. The van der Waals surface area contributed by atoms with Crippen LogP contribution in [-0.2, 0) is 22.5 Å². The Morgan fingerprint density at radius 1 is 1.10 bits per heavy atom. The predicted octanol–water partition coefficient (Wildman–Crippen LogP) is 1.68. The Hall–Kier alpha value is -3.52. The van der Waals surface area contributed by atoms with Crippen molar-refractivity contribution >= 4 is 22.6 Å². The van der Waals surface area contributed by atoms with Gasteiger partial charge in [0.1, 0.15) is 0 Å². The summed E-state index contributed by atoms with van der Waals surface area (Å²) in [6.07, 6.45) is 1.58. The van der Waals surface area contributed by atoms with Crippen molar-refractivity contribution in [3.8, 4) is 0 Å². The molecule has 1 amide bonds. The van der Waals surface area contributed by atoms with E-state index in [9.17, 15) is 14.4 Å². The number of fused-ring (bicyclic) bond motifs is 1. The lowest BCUT2D eigenvalue weighted by molar-refractivity contribution is -0.124.